The largest absolute Gasteiger partial charge is 0.457 e. The molecule has 5 nitrogen and oxygen atoms in total. The van der Waals surface area contributed by atoms with Crippen molar-refractivity contribution in [3.8, 4) is 45.0 Å². The number of pyridine rings is 1. The number of fused-ring (bicyclic) bond motifs is 7. The summed E-state index contributed by atoms with van der Waals surface area (Å²) in [5.41, 5.74) is 24.6. The standard InChI is InChI=1S/C82H75BN4OSSi/c1-81(2,3)57-40-47-72(66(48-57)65-36-22-24-39-76(65)88-61-32-17-12-18-33-61)87-75-50-58(82(4,5)6)49-74-78(75)83(80-79(87)67-52-69(84-53-77(67)89-80)56-29-15-11-16-30-56)68-46-43-60(51-73(68)85(74)59-41-44-62(45-42-59)90(7,8)9)86(71-38-25-31-55-28-19-20-34-64(55)71)70-37-23-21-35-63(70)54-26-13-10-14-27-54/h10-18,21-27,29-33,35-53H,19-20,28,34H2,1-9H3. The average Bonchev–Trinajstić information content (AvgIpc) is 1.24. The summed E-state index contributed by atoms with van der Waals surface area (Å²) in [4.78, 5) is 13.2. The van der Waals surface area contributed by atoms with Gasteiger partial charge in [-0.1, -0.05) is 218 Å². The summed E-state index contributed by atoms with van der Waals surface area (Å²) in [5.74, 6) is 1.60. The van der Waals surface area contributed by atoms with Crippen molar-refractivity contribution in [1.82, 2.24) is 4.98 Å². The molecule has 0 radical (unpaired) electrons. The molecule has 15 rings (SSSR count). The molecule has 4 heterocycles. The Balaban J connectivity index is 1.05. The zero-order chi connectivity index (χ0) is 61.6. The fourth-order valence-electron chi connectivity index (χ4n) is 14.1. The van der Waals surface area contributed by atoms with E-state index in [1.165, 1.54) is 101 Å². The molecule has 0 N–H and O–H groups in total. The van der Waals surface area contributed by atoms with Crippen molar-refractivity contribution in [2.75, 3.05) is 14.7 Å². The lowest BCUT2D eigenvalue weighted by molar-refractivity contribution is 0.484. The summed E-state index contributed by atoms with van der Waals surface area (Å²) in [6, 6.07) is 88.3. The highest BCUT2D eigenvalue weighted by molar-refractivity contribution is 7.33. The van der Waals surface area contributed by atoms with Gasteiger partial charge >= 0.3 is 0 Å². The van der Waals surface area contributed by atoms with Crippen LogP contribution >= 0.6 is 11.3 Å². The zero-order valence-electron chi connectivity index (χ0n) is 53.1. The quantitative estimate of drug-likeness (QED) is 0.121. The number of ether oxygens (including phenoxy) is 1. The fourth-order valence-corrected chi connectivity index (χ4v) is 16.5. The van der Waals surface area contributed by atoms with Crippen molar-refractivity contribution in [1.29, 1.82) is 0 Å². The average molecular weight is 1200 g/mol. The molecule has 0 atom stereocenters. The van der Waals surface area contributed by atoms with Gasteiger partial charge in [-0.15, -0.1) is 11.3 Å². The number of anilines is 9. The summed E-state index contributed by atoms with van der Waals surface area (Å²) >= 11 is 1.90. The van der Waals surface area contributed by atoms with Crippen LogP contribution in [0.5, 0.6) is 11.5 Å². The minimum absolute atomic E-state index is 0.144. The maximum Gasteiger partial charge on any atom is 0.264 e. The third-order valence-corrected chi connectivity index (χ3v) is 22.1. The molecule has 0 spiro atoms. The van der Waals surface area contributed by atoms with E-state index in [0.29, 0.717) is 0 Å². The predicted octanol–water partition coefficient (Wildman–Crippen LogP) is 20.7. The van der Waals surface area contributed by atoms with E-state index in [2.05, 4.69) is 288 Å². The maximum atomic E-state index is 6.96. The minimum atomic E-state index is -1.69. The van der Waals surface area contributed by atoms with E-state index in [1.807, 2.05) is 41.7 Å². The van der Waals surface area contributed by atoms with Crippen molar-refractivity contribution in [3.05, 3.63) is 265 Å². The molecule has 10 aromatic carbocycles. The Bertz CT molecular complexity index is 4710. The van der Waals surface area contributed by atoms with Gasteiger partial charge < -0.3 is 19.4 Å². The molecule has 3 aliphatic rings. The van der Waals surface area contributed by atoms with E-state index >= 15 is 0 Å². The summed E-state index contributed by atoms with van der Waals surface area (Å²) in [6.45, 7) is 21.3. The number of thiophene rings is 1. The lowest BCUT2D eigenvalue weighted by atomic mass is 9.36. The van der Waals surface area contributed by atoms with Crippen molar-refractivity contribution in [2.24, 2.45) is 0 Å². The molecule has 0 bridgehead atoms. The summed E-state index contributed by atoms with van der Waals surface area (Å²) in [7, 11) is -1.69. The van der Waals surface area contributed by atoms with Crippen molar-refractivity contribution in [3.63, 3.8) is 0 Å². The molecule has 0 saturated carbocycles. The van der Waals surface area contributed by atoms with Crippen LogP contribution in [0.15, 0.2) is 243 Å². The lowest BCUT2D eigenvalue weighted by Gasteiger charge is -2.45. The van der Waals surface area contributed by atoms with Gasteiger partial charge in [0.2, 0.25) is 0 Å². The van der Waals surface area contributed by atoms with E-state index in [0.717, 1.165) is 74.2 Å². The summed E-state index contributed by atoms with van der Waals surface area (Å²) < 4.78 is 9.40. The molecule has 8 heteroatoms. The number of benzene rings is 10. The van der Waals surface area contributed by atoms with Gasteiger partial charge in [-0.25, -0.2) is 0 Å². The molecule has 2 aromatic heterocycles. The highest BCUT2D eigenvalue weighted by Crippen LogP contribution is 2.54. The third kappa shape index (κ3) is 10.1. The Hall–Kier alpha value is -9.21. The number of hydrogen-bond acceptors (Lipinski definition) is 6. The van der Waals surface area contributed by atoms with Crippen LogP contribution in [-0.2, 0) is 23.7 Å². The second kappa shape index (κ2) is 22.4. The molecular weight excluding hydrogens is 1130 g/mol. The van der Waals surface area contributed by atoms with Gasteiger partial charge in [0.1, 0.15) is 11.5 Å². The smallest absolute Gasteiger partial charge is 0.264 e. The number of aromatic nitrogens is 1. The lowest BCUT2D eigenvalue weighted by Crippen LogP contribution is -2.60. The van der Waals surface area contributed by atoms with E-state index < -0.39 is 8.07 Å². The van der Waals surface area contributed by atoms with Crippen LogP contribution < -0.4 is 40.3 Å². The van der Waals surface area contributed by atoms with E-state index in [9.17, 15) is 0 Å². The van der Waals surface area contributed by atoms with Crippen LogP contribution in [0.2, 0.25) is 19.6 Å². The van der Waals surface area contributed by atoms with E-state index in [-0.39, 0.29) is 17.5 Å². The van der Waals surface area contributed by atoms with Gasteiger partial charge in [0.15, 0.2) is 0 Å². The second-order valence-corrected chi connectivity index (χ2v) is 34.0. The van der Waals surface area contributed by atoms with Gasteiger partial charge in [-0.3, -0.25) is 4.98 Å². The Labute approximate surface area is 537 Å². The van der Waals surface area contributed by atoms with Crippen molar-refractivity contribution < 1.29 is 4.74 Å². The topological polar surface area (TPSA) is 31.8 Å². The van der Waals surface area contributed by atoms with Crippen LogP contribution in [0.3, 0.4) is 0 Å². The normalized spacial score (nSPS) is 13.6. The van der Waals surface area contributed by atoms with Gasteiger partial charge in [0.05, 0.1) is 35.5 Å². The molecule has 90 heavy (non-hydrogen) atoms. The molecule has 12 aromatic rings. The van der Waals surface area contributed by atoms with Crippen LogP contribution in [0.1, 0.15) is 76.6 Å². The van der Waals surface area contributed by atoms with Crippen molar-refractivity contribution >= 4 is 108 Å². The molecule has 1 aliphatic carbocycles. The molecule has 2 aliphatic heterocycles. The summed E-state index contributed by atoms with van der Waals surface area (Å²) in [6.07, 6.45) is 6.66. The van der Waals surface area contributed by atoms with Crippen LogP contribution in [0.4, 0.5) is 51.2 Å². The highest BCUT2D eigenvalue weighted by atomic mass is 32.1. The van der Waals surface area contributed by atoms with Crippen LogP contribution in [-0.4, -0.2) is 19.8 Å². The van der Waals surface area contributed by atoms with Gasteiger partial charge in [0, 0.05) is 72.7 Å². The van der Waals surface area contributed by atoms with Gasteiger partial charge in [0.25, 0.3) is 6.71 Å². The number of aryl methyl sites for hydroxylation is 1. The summed E-state index contributed by atoms with van der Waals surface area (Å²) in [5, 5.41) is 2.61. The first-order chi connectivity index (χ1) is 43.5. The number of nitrogens with zero attached hydrogens (tertiary/aromatic N) is 4. The molecular formula is C82H75BN4OSSi. The molecule has 0 unspecified atom stereocenters. The molecule has 0 amide bonds. The van der Waals surface area contributed by atoms with Crippen LogP contribution in [0.25, 0.3) is 43.6 Å². The number of hydrogen-bond donors (Lipinski definition) is 0. The first-order valence-corrected chi connectivity index (χ1v) is 36.4. The first kappa shape index (κ1) is 57.2. The van der Waals surface area contributed by atoms with Crippen molar-refractivity contribution in [2.45, 2.75) is 97.7 Å². The van der Waals surface area contributed by atoms with Crippen LogP contribution in [0, 0.1) is 0 Å². The SMILES string of the molecule is CC(C)(C)c1ccc(N2c3cc(C(C)(C)C)cc4c3B(c3ccc(N(c5ccccc5-c5ccccc5)c5cccc6c5CCCC6)cc3N4c3ccc([Si](C)(C)C)cc3)c3sc4cnc(-c5ccccc5)cc4c32)c(-c2ccccc2Oc2ccccc2)c1. The second-order valence-electron chi connectivity index (χ2n) is 27.8. The van der Waals surface area contributed by atoms with Gasteiger partial charge in [-0.2, -0.15) is 0 Å². The maximum absolute atomic E-state index is 6.96. The highest BCUT2D eigenvalue weighted by Gasteiger charge is 2.47. The molecule has 0 fully saturated rings. The third-order valence-electron chi connectivity index (χ3n) is 18.8. The molecule has 0 saturated heterocycles. The first-order valence-electron chi connectivity index (χ1n) is 32.1. The Kier molecular flexibility index (Phi) is 14.2. The van der Waals surface area contributed by atoms with E-state index in [4.69, 9.17) is 9.72 Å². The zero-order valence-corrected chi connectivity index (χ0v) is 54.9. The van der Waals surface area contributed by atoms with Gasteiger partial charge in [-0.05, 0) is 160 Å². The Morgan fingerprint density at radius 1 is 0.522 bits per heavy atom. The Morgan fingerprint density at radius 3 is 1.89 bits per heavy atom. The molecule has 442 valence electrons. The predicted molar refractivity (Wildman–Crippen MR) is 388 cm³/mol. The van der Waals surface area contributed by atoms with E-state index in [1.54, 1.807) is 0 Å². The number of rotatable bonds is 11. The Morgan fingerprint density at radius 2 is 1.17 bits per heavy atom. The fraction of sp³-hybridized carbons (Fsp3) is 0.183. The number of para-hydroxylation sites is 3. The monoisotopic (exact) mass is 1200 g/mol. The minimum Gasteiger partial charge on any atom is -0.457 e.